The Hall–Kier alpha value is -1.06. The summed E-state index contributed by atoms with van der Waals surface area (Å²) in [5.74, 6) is -1.06. The predicted molar refractivity (Wildman–Crippen MR) is 55.8 cm³/mol. The second-order valence-electron chi connectivity index (χ2n) is 3.18. The third kappa shape index (κ3) is 6.46. The summed E-state index contributed by atoms with van der Waals surface area (Å²) in [5, 5.41) is 5.02. The van der Waals surface area contributed by atoms with Crippen LogP contribution in [0, 0.1) is 0 Å². The summed E-state index contributed by atoms with van der Waals surface area (Å²) in [4.78, 5) is 22.0. The lowest BCUT2D eigenvalue weighted by molar-refractivity contribution is -0.139. The molecule has 4 heteroatoms. The number of carbonyl (C=O) groups excluding carboxylic acids is 2. The second kappa shape index (κ2) is 8.53. The molecule has 82 valence electrons. The molecule has 0 saturated heterocycles. The van der Waals surface area contributed by atoms with E-state index in [4.69, 9.17) is 0 Å². The molecule has 2 N–H and O–H groups in total. The van der Waals surface area contributed by atoms with Crippen LogP contribution >= 0.6 is 0 Å². The maximum Gasteiger partial charge on any atom is 0.309 e. The summed E-state index contributed by atoms with van der Waals surface area (Å²) in [5.41, 5.74) is 0. The predicted octanol–water partition coefficient (Wildman–Crippen LogP) is 0.819. The number of rotatable bonds is 6. The van der Waals surface area contributed by atoms with Gasteiger partial charge in [0.2, 0.25) is 0 Å². The van der Waals surface area contributed by atoms with Gasteiger partial charge >= 0.3 is 11.8 Å². The highest BCUT2D eigenvalue weighted by atomic mass is 16.2. The van der Waals surface area contributed by atoms with Gasteiger partial charge in [0, 0.05) is 13.1 Å². The quantitative estimate of drug-likeness (QED) is 0.492. The molecule has 2 amide bonds. The van der Waals surface area contributed by atoms with Gasteiger partial charge in [-0.3, -0.25) is 9.59 Å². The highest BCUT2D eigenvalue weighted by molar-refractivity contribution is 6.35. The zero-order valence-corrected chi connectivity index (χ0v) is 9.06. The van der Waals surface area contributed by atoms with Crippen molar-refractivity contribution in [3.05, 3.63) is 0 Å². The van der Waals surface area contributed by atoms with E-state index < -0.39 is 11.8 Å². The average molecular weight is 200 g/mol. The third-order valence-corrected chi connectivity index (χ3v) is 1.86. The Morgan fingerprint density at radius 3 is 2.14 bits per heavy atom. The minimum absolute atomic E-state index is 0.488. The smallest absolute Gasteiger partial charge is 0.309 e. The van der Waals surface area contributed by atoms with Gasteiger partial charge in [-0.1, -0.05) is 26.2 Å². The van der Waals surface area contributed by atoms with Gasteiger partial charge in [0.15, 0.2) is 0 Å². The molecule has 0 aliphatic carbocycles. The van der Waals surface area contributed by atoms with Crippen LogP contribution in [0.25, 0.3) is 0 Å². The molecule has 0 aliphatic rings. The van der Waals surface area contributed by atoms with Crippen molar-refractivity contribution in [1.29, 1.82) is 0 Å². The van der Waals surface area contributed by atoms with Gasteiger partial charge in [-0.25, -0.2) is 0 Å². The summed E-state index contributed by atoms with van der Waals surface area (Å²) < 4.78 is 0. The fourth-order valence-electron chi connectivity index (χ4n) is 1.07. The Labute approximate surface area is 85.4 Å². The molecule has 0 bridgehead atoms. The SMILES string of the molecule is CCCCCCNC(=O)C(=O)NCC. The number of unbranched alkanes of at least 4 members (excludes halogenated alkanes) is 3. The lowest BCUT2D eigenvalue weighted by Gasteiger charge is -2.04. The van der Waals surface area contributed by atoms with Crippen LogP contribution in [0.5, 0.6) is 0 Å². The van der Waals surface area contributed by atoms with Crippen molar-refractivity contribution >= 4 is 11.8 Å². The van der Waals surface area contributed by atoms with Gasteiger partial charge in [-0.05, 0) is 13.3 Å². The van der Waals surface area contributed by atoms with E-state index >= 15 is 0 Å². The lowest BCUT2D eigenvalue weighted by Crippen LogP contribution is -2.40. The minimum Gasteiger partial charge on any atom is -0.348 e. The molecular formula is C10H20N2O2. The van der Waals surface area contributed by atoms with Crippen LogP contribution in [-0.2, 0) is 9.59 Å². The Bertz CT molecular complexity index is 181. The highest BCUT2D eigenvalue weighted by Gasteiger charge is 2.09. The zero-order chi connectivity index (χ0) is 10.8. The van der Waals surface area contributed by atoms with Gasteiger partial charge < -0.3 is 10.6 Å². The Morgan fingerprint density at radius 1 is 0.929 bits per heavy atom. The van der Waals surface area contributed by atoms with Gasteiger partial charge in [0.25, 0.3) is 0 Å². The fraction of sp³-hybridized carbons (Fsp3) is 0.800. The monoisotopic (exact) mass is 200 g/mol. The van der Waals surface area contributed by atoms with E-state index in [1.54, 1.807) is 6.92 Å². The Kier molecular flexibility index (Phi) is 7.89. The van der Waals surface area contributed by atoms with Crippen LogP contribution < -0.4 is 10.6 Å². The van der Waals surface area contributed by atoms with E-state index in [0.29, 0.717) is 13.1 Å². The van der Waals surface area contributed by atoms with E-state index in [9.17, 15) is 9.59 Å². The molecule has 0 unspecified atom stereocenters. The first kappa shape index (κ1) is 12.9. The van der Waals surface area contributed by atoms with E-state index in [1.165, 1.54) is 12.8 Å². The summed E-state index contributed by atoms with van der Waals surface area (Å²) in [6.07, 6.45) is 4.40. The van der Waals surface area contributed by atoms with E-state index in [1.807, 2.05) is 0 Å². The number of hydrogen-bond donors (Lipinski definition) is 2. The van der Waals surface area contributed by atoms with Crippen LogP contribution in [-0.4, -0.2) is 24.9 Å². The van der Waals surface area contributed by atoms with Gasteiger partial charge in [0.05, 0.1) is 0 Å². The first-order valence-corrected chi connectivity index (χ1v) is 5.28. The van der Waals surface area contributed by atoms with Crippen molar-refractivity contribution in [2.45, 2.75) is 39.5 Å². The van der Waals surface area contributed by atoms with Crippen LogP contribution in [0.4, 0.5) is 0 Å². The minimum atomic E-state index is -0.539. The molecule has 0 heterocycles. The van der Waals surface area contributed by atoms with E-state index in [0.717, 1.165) is 12.8 Å². The zero-order valence-electron chi connectivity index (χ0n) is 9.06. The van der Waals surface area contributed by atoms with Crippen LogP contribution in [0.15, 0.2) is 0 Å². The first-order chi connectivity index (χ1) is 6.72. The summed E-state index contributed by atoms with van der Waals surface area (Å²) in [7, 11) is 0. The van der Waals surface area contributed by atoms with E-state index in [-0.39, 0.29) is 0 Å². The largest absolute Gasteiger partial charge is 0.348 e. The fourth-order valence-corrected chi connectivity index (χ4v) is 1.07. The van der Waals surface area contributed by atoms with Gasteiger partial charge in [0.1, 0.15) is 0 Å². The summed E-state index contributed by atoms with van der Waals surface area (Å²) in [6, 6.07) is 0. The maximum absolute atomic E-state index is 11.0. The second-order valence-corrected chi connectivity index (χ2v) is 3.18. The van der Waals surface area contributed by atoms with Crippen molar-refractivity contribution in [2.24, 2.45) is 0 Å². The van der Waals surface area contributed by atoms with Crippen LogP contribution in [0.2, 0.25) is 0 Å². The molecule has 0 aliphatic heterocycles. The molecule has 4 nitrogen and oxygen atoms in total. The van der Waals surface area contributed by atoms with Crippen molar-refractivity contribution in [1.82, 2.24) is 10.6 Å². The van der Waals surface area contributed by atoms with Crippen molar-refractivity contribution < 1.29 is 9.59 Å². The molecule has 0 aromatic rings. The molecule has 0 aromatic heterocycles. The van der Waals surface area contributed by atoms with Gasteiger partial charge in [-0.2, -0.15) is 0 Å². The number of nitrogens with one attached hydrogen (secondary N) is 2. The average Bonchev–Trinajstić information content (AvgIpc) is 2.17. The summed E-state index contributed by atoms with van der Waals surface area (Å²) in [6.45, 7) is 5.00. The Balaban J connectivity index is 3.39. The van der Waals surface area contributed by atoms with Crippen molar-refractivity contribution in [3.63, 3.8) is 0 Å². The molecule has 0 aromatic carbocycles. The number of likely N-dealkylation sites (N-methyl/N-ethyl adjacent to an activating group) is 1. The molecular weight excluding hydrogens is 180 g/mol. The maximum atomic E-state index is 11.0. The lowest BCUT2D eigenvalue weighted by atomic mass is 10.2. The molecule has 0 spiro atoms. The number of amides is 2. The molecule has 0 radical (unpaired) electrons. The third-order valence-electron chi connectivity index (χ3n) is 1.86. The normalized spacial score (nSPS) is 9.57. The van der Waals surface area contributed by atoms with Gasteiger partial charge in [-0.15, -0.1) is 0 Å². The van der Waals surface area contributed by atoms with Crippen molar-refractivity contribution in [2.75, 3.05) is 13.1 Å². The van der Waals surface area contributed by atoms with Crippen LogP contribution in [0.1, 0.15) is 39.5 Å². The molecule has 0 atom stereocenters. The summed E-state index contributed by atoms with van der Waals surface area (Å²) >= 11 is 0. The molecule has 0 fully saturated rings. The highest BCUT2D eigenvalue weighted by Crippen LogP contribution is 1.96. The molecule has 0 saturated carbocycles. The van der Waals surface area contributed by atoms with E-state index in [2.05, 4.69) is 17.6 Å². The van der Waals surface area contributed by atoms with Crippen LogP contribution in [0.3, 0.4) is 0 Å². The Morgan fingerprint density at radius 2 is 1.57 bits per heavy atom. The van der Waals surface area contributed by atoms with Crippen molar-refractivity contribution in [3.8, 4) is 0 Å². The number of hydrogen-bond acceptors (Lipinski definition) is 2. The topological polar surface area (TPSA) is 58.2 Å². The molecule has 0 rings (SSSR count). The molecule has 14 heavy (non-hydrogen) atoms. The number of carbonyl (C=O) groups is 2. The standard InChI is InChI=1S/C10H20N2O2/c1-3-5-6-7-8-12-10(14)9(13)11-4-2/h3-8H2,1-2H3,(H,11,13)(H,12,14). The first-order valence-electron chi connectivity index (χ1n) is 5.28.